The summed E-state index contributed by atoms with van der Waals surface area (Å²) in [5.41, 5.74) is 4.53. The first kappa shape index (κ1) is 15.5. The first-order chi connectivity index (χ1) is 9.54. The number of rotatable bonds is 7. The molecule has 0 radical (unpaired) electrons. The Labute approximate surface area is 123 Å². The number of methoxy groups -OCH3 is 1. The van der Waals surface area contributed by atoms with Crippen molar-refractivity contribution in [2.75, 3.05) is 13.7 Å². The summed E-state index contributed by atoms with van der Waals surface area (Å²) in [4.78, 5) is 0. The van der Waals surface area contributed by atoms with Gasteiger partial charge >= 0.3 is 0 Å². The zero-order valence-electron chi connectivity index (χ0n) is 13.5. The molecule has 1 aromatic carbocycles. The van der Waals surface area contributed by atoms with E-state index >= 15 is 0 Å². The lowest BCUT2D eigenvalue weighted by atomic mass is 9.93. The number of ether oxygens (including phenoxy) is 1. The molecule has 0 bridgehead atoms. The first-order valence-electron chi connectivity index (χ1n) is 7.93. The molecule has 0 saturated heterocycles. The number of hydrogen-bond donors (Lipinski definition) is 1. The summed E-state index contributed by atoms with van der Waals surface area (Å²) in [7, 11) is 1.80. The average Bonchev–Trinajstić information content (AvgIpc) is 2.86. The zero-order chi connectivity index (χ0) is 14.6. The molecule has 2 heteroatoms. The summed E-state index contributed by atoms with van der Waals surface area (Å²) >= 11 is 0. The summed E-state index contributed by atoms with van der Waals surface area (Å²) in [6.07, 6.45) is 5.98. The van der Waals surface area contributed by atoms with Crippen LogP contribution in [0.4, 0.5) is 0 Å². The largest absolute Gasteiger partial charge is 0.379 e. The van der Waals surface area contributed by atoms with Crippen molar-refractivity contribution in [3.63, 3.8) is 0 Å². The molecule has 0 amide bonds. The number of fused-ring (bicyclic) bond motifs is 1. The number of hydrogen-bond acceptors (Lipinski definition) is 2. The van der Waals surface area contributed by atoms with Gasteiger partial charge in [0.25, 0.3) is 0 Å². The number of likely N-dealkylation sites (N-methyl/N-ethyl adjacent to an activating group) is 1. The minimum atomic E-state index is -0.0659. The Morgan fingerprint density at radius 1 is 1.25 bits per heavy atom. The molecule has 1 aliphatic rings. The fourth-order valence-electron chi connectivity index (χ4n) is 3.22. The van der Waals surface area contributed by atoms with Gasteiger partial charge in [-0.2, -0.15) is 0 Å². The van der Waals surface area contributed by atoms with Crippen molar-refractivity contribution in [2.45, 2.75) is 64.5 Å². The second-order valence-electron chi connectivity index (χ2n) is 6.58. The van der Waals surface area contributed by atoms with E-state index in [0.717, 1.165) is 19.4 Å². The van der Waals surface area contributed by atoms with Crippen LogP contribution in [0.15, 0.2) is 18.2 Å². The lowest BCUT2D eigenvalue weighted by molar-refractivity contribution is 0.00726. The van der Waals surface area contributed by atoms with Crippen LogP contribution in [0.25, 0.3) is 0 Å². The van der Waals surface area contributed by atoms with Gasteiger partial charge < -0.3 is 10.1 Å². The minimum Gasteiger partial charge on any atom is -0.379 e. The molecule has 0 spiro atoms. The molecule has 0 saturated carbocycles. The monoisotopic (exact) mass is 275 g/mol. The third-order valence-electron chi connectivity index (χ3n) is 4.43. The third kappa shape index (κ3) is 4.07. The maximum atomic E-state index is 5.59. The highest BCUT2D eigenvalue weighted by Gasteiger charge is 2.23. The Bertz CT molecular complexity index is 439. The molecular weight excluding hydrogens is 246 g/mol. The molecule has 0 aromatic heterocycles. The van der Waals surface area contributed by atoms with Crippen molar-refractivity contribution in [3.8, 4) is 0 Å². The number of nitrogens with one attached hydrogen (secondary N) is 1. The smallest absolute Gasteiger partial charge is 0.0637 e. The Morgan fingerprint density at radius 3 is 2.70 bits per heavy atom. The van der Waals surface area contributed by atoms with Crippen LogP contribution in [-0.2, 0) is 24.0 Å². The van der Waals surface area contributed by atoms with E-state index in [2.05, 4.69) is 44.3 Å². The van der Waals surface area contributed by atoms with E-state index in [9.17, 15) is 0 Å². The fraction of sp³-hybridized carbons (Fsp3) is 0.667. The van der Waals surface area contributed by atoms with Gasteiger partial charge in [0.2, 0.25) is 0 Å². The second-order valence-corrected chi connectivity index (χ2v) is 6.58. The van der Waals surface area contributed by atoms with Gasteiger partial charge in [0, 0.05) is 13.2 Å². The summed E-state index contributed by atoms with van der Waals surface area (Å²) < 4.78 is 5.59. The van der Waals surface area contributed by atoms with Crippen LogP contribution < -0.4 is 5.32 Å². The van der Waals surface area contributed by atoms with Gasteiger partial charge in [-0.1, -0.05) is 25.1 Å². The molecule has 1 aromatic rings. The van der Waals surface area contributed by atoms with E-state index < -0.39 is 0 Å². The highest BCUT2D eigenvalue weighted by molar-refractivity contribution is 5.35. The predicted molar refractivity (Wildman–Crippen MR) is 85.3 cm³/mol. The van der Waals surface area contributed by atoms with Gasteiger partial charge in [0.15, 0.2) is 0 Å². The van der Waals surface area contributed by atoms with E-state index in [0.29, 0.717) is 6.04 Å². The van der Waals surface area contributed by atoms with Gasteiger partial charge in [0.1, 0.15) is 0 Å². The van der Waals surface area contributed by atoms with Gasteiger partial charge in [-0.3, -0.25) is 0 Å². The summed E-state index contributed by atoms with van der Waals surface area (Å²) in [6.45, 7) is 7.52. The van der Waals surface area contributed by atoms with Crippen molar-refractivity contribution in [1.82, 2.24) is 5.32 Å². The topological polar surface area (TPSA) is 21.3 Å². The third-order valence-corrected chi connectivity index (χ3v) is 4.43. The molecule has 20 heavy (non-hydrogen) atoms. The first-order valence-corrected chi connectivity index (χ1v) is 7.93. The number of benzene rings is 1. The van der Waals surface area contributed by atoms with E-state index in [1.54, 1.807) is 18.2 Å². The van der Waals surface area contributed by atoms with Gasteiger partial charge in [-0.05, 0) is 69.2 Å². The molecule has 0 aliphatic heterocycles. The highest BCUT2D eigenvalue weighted by Crippen LogP contribution is 2.24. The van der Waals surface area contributed by atoms with Crippen molar-refractivity contribution in [3.05, 3.63) is 34.9 Å². The summed E-state index contributed by atoms with van der Waals surface area (Å²) in [5.74, 6) is 0. The molecular formula is C18H29NO. The van der Waals surface area contributed by atoms with Crippen molar-refractivity contribution < 1.29 is 4.74 Å². The maximum absolute atomic E-state index is 5.59. The average molecular weight is 275 g/mol. The van der Waals surface area contributed by atoms with Gasteiger partial charge in [-0.25, -0.2) is 0 Å². The van der Waals surface area contributed by atoms with Gasteiger partial charge in [0.05, 0.1) is 5.60 Å². The zero-order valence-corrected chi connectivity index (χ0v) is 13.5. The summed E-state index contributed by atoms with van der Waals surface area (Å²) in [6, 6.07) is 7.55. The van der Waals surface area contributed by atoms with Crippen LogP contribution in [0.2, 0.25) is 0 Å². The normalized spacial score (nSPS) is 16.2. The molecule has 112 valence electrons. The Balaban J connectivity index is 2.04. The molecule has 2 nitrogen and oxygen atoms in total. The molecule has 0 heterocycles. The molecule has 1 N–H and O–H groups in total. The molecule has 2 rings (SSSR count). The van der Waals surface area contributed by atoms with E-state index in [-0.39, 0.29) is 5.60 Å². The van der Waals surface area contributed by atoms with E-state index in [1.807, 2.05) is 0 Å². The molecule has 0 fully saturated rings. The molecule has 1 aliphatic carbocycles. The predicted octanol–water partition coefficient (Wildman–Crippen LogP) is 3.51. The van der Waals surface area contributed by atoms with Gasteiger partial charge in [-0.15, -0.1) is 0 Å². The lowest BCUT2D eigenvalue weighted by Crippen LogP contribution is -2.39. The Hall–Kier alpha value is -0.860. The van der Waals surface area contributed by atoms with Crippen LogP contribution in [0, 0.1) is 0 Å². The van der Waals surface area contributed by atoms with E-state index in [4.69, 9.17) is 4.74 Å². The van der Waals surface area contributed by atoms with Crippen molar-refractivity contribution in [2.24, 2.45) is 0 Å². The summed E-state index contributed by atoms with van der Waals surface area (Å²) in [5, 5.41) is 3.61. The van der Waals surface area contributed by atoms with Crippen molar-refractivity contribution >= 4 is 0 Å². The fourth-order valence-corrected chi connectivity index (χ4v) is 3.22. The standard InChI is InChI=1S/C18H29NO/c1-5-19-17(13-18(2,3)20-4)12-14-9-10-15-7-6-8-16(15)11-14/h9-11,17,19H,5-8,12-13H2,1-4H3. The van der Waals surface area contributed by atoms with Crippen LogP contribution in [0.3, 0.4) is 0 Å². The van der Waals surface area contributed by atoms with Crippen molar-refractivity contribution in [1.29, 1.82) is 0 Å². The van der Waals surface area contributed by atoms with Crippen LogP contribution in [-0.4, -0.2) is 25.3 Å². The molecule has 1 atom stereocenters. The van der Waals surface area contributed by atoms with E-state index in [1.165, 1.54) is 24.8 Å². The number of aryl methyl sites for hydroxylation is 2. The highest BCUT2D eigenvalue weighted by atomic mass is 16.5. The quantitative estimate of drug-likeness (QED) is 0.822. The second kappa shape index (κ2) is 6.73. The van der Waals surface area contributed by atoms with Crippen LogP contribution in [0.1, 0.15) is 50.3 Å². The SMILES string of the molecule is CCNC(Cc1ccc2c(c1)CCC2)CC(C)(C)OC. The lowest BCUT2D eigenvalue weighted by Gasteiger charge is -2.29. The van der Waals surface area contributed by atoms with Crippen LogP contribution >= 0.6 is 0 Å². The molecule has 1 unspecified atom stereocenters. The maximum Gasteiger partial charge on any atom is 0.0637 e. The Morgan fingerprint density at radius 2 is 2.00 bits per heavy atom. The minimum absolute atomic E-state index is 0.0659. The van der Waals surface area contributed by atoms with Crippen LogP contribution in [0.5, 0.6) is 0 Å². The Kier molecular flexibility index (Phi) is 5.22.